The molecule has 0 radical (unpaired) electrons. The third-order valence-corrected chi connectivity index (χ3v) is 8.35. The Balaban J connectivity index is 1.71. The molecule has 0 saturated heterocycles. The third-order valence-electron chi connectivity index (χ3n) is 8.35. The fraction of sp³-hybridized carbons (Fsp3) is 0.727. The van der Waals surface area contributed by atoms with Gasteiger partial charge >= 0.3 is 0 Å². The molecule has 0 aromatic heterocycles. The van der Waals surface area contributed by atoms with Gasteiger partial charge in [0.15, 0.2) is 11.6 Å². The van der Waals surface area contributed by atoms with E-state index >= 15 is 0 Å². The van der Waals surface area contributed by atoms with Gasteiger partial charge < -0.3 is 5.11 Å². The maximum absolute atomic E-state index is 12.4. The number of carbonyl (C=O) groups excluding carboxylic acids is 2. The molecule has 0 spiro atoms. The molecule has 0 aliphatic heterocycles. The molecule has 3 fully saturated rings. The van der Waals surface area contributed by atoms with E-state index in [4.69, 9.17) is 0 Å². The number of aliphatic hydroxyl groups excluding tert-OH is 1. The Morgan fingerprint density at radius 1 is 1.28 bits per heavy atom. The van der Waals surface area contributed by atoms with E-state index in [1.54, 1.807) is 6.08 Å². The average Bonchev–Trinajstić information content (AvgIpc) is 2.91. The van der Waals surface area contributed by atoms with Gasteiger partial charge in [-0.05, 0) is 73.3 Å². The van der Waals surface area contributed by atoms with Crippen LogP contribution in [-0.4, -0.2) is 23.3 Å². The minimum absolute atomic E-state index is 0.00333. The largest absolute Gasteiger partial charge is 0.389 e. The van der Waals surface area contributed by atoms with Gasteiger partial charge in [0.1, 0.15) is 6.61 Å². The second kappa shape index (κ2) is 5.64. The van der Waals surface area contributed by atoms with E-state index in [1.807, 2.05) is 6.08 Å². The third kappa shape index (κ3) is 2.27. The van der Waals surface area contributed by atoms with E-state index in [1.165, 1.54) is 5.57 Å². The van der Waals surface area contributed by atoms with E-state index in [0.717, 1.165) is 32.1 Å². The molecule has 4 aliphatic rings. The SMILES string of the molecule is CC1CC2(C)C(C(=O)CO)CCC2C2CCC3=CC(=O)C=CC3(C)C12. The number of fused-ring (bicyclic) bond motifs is 5. The Kier molecular flexibility index (Phi) is 3.88. The van der Waals surface area contributed by atoms with Gasteiger partial charge in [0.25, 0.3) is 0 Å². The zero-order chi connectivity index (χ0) is 18.0. The van der Waals surface area contributed by atoms with Crippen molar-refractivity contribution in [3.05, 3.63) is 23.8 Å². The van der Waals surface area contributed by atoms with E-state index in [-0.39, 0.29) is 34.9 Å². The van der Waals surface area contributed by atoms with Crippen LogP contribution in [0.3, 0.4) is 0 Å². The molecule has 4 aliphatic carbocycles. The van der Waals surface area contributed by atoms with Crippen molar-refractivity contribution in [1.29, 1.82) is 0 Å². The minimum Gasteiger partial charge on any atom is -0.389 e. The number of hydrogen-bond donors (Lipinski definition) is 1. The number of ketones is 2. The van der Waals surface area contributed by atoms with E-state index in [0.29, 0.717) is 23.7 Å². The lowest BCUT2D eigenvalue weighted by Gasteiger charge is -2.59. The highest BCUT2D eigenvalue weighted by atomic mass is 16.3. The Labute approximate surface area is 150 Å². The molecule has 25 heavy (non-hydrogen) atoms. The van der Waals surface area contributed by atoms with Crippen LogP contribution in [0.2, 0.25) is 0 Å². The summed E-state index contributed by atoms with van der Waals surface area (Å²) < 4.78 is 0. The Morgan fingerprint density at radius 2 is 2.04 bits per heavy atom. The monoisotopic (exact) mass is 342 g/mol. The van der Waals surface area contributed by atoms with Gasteiger partial charge in [0.05, 0.1) is 0 Å². The number of allylic oxidation sites excluding steroid dienone is 4. The number of aliphatic hydroxyl groups is 1. The second-order valence-electron chi connectivity index (χ2n) is 9.46. The van der Waals surface area contributed by atoms with Crippen LogP contribution < -0.4 is 0 Å². The molecule has 0 amide bonds. The summed E-state index contributed by atoms with van der Waals surface area (Å²) in [7, 11) is 0. The molecular weight excluding hydrogens is 312 g/mol. The number of carbonyl (C=O) groups is 2. The smallest absolute Gasteiger partial charge is 0.178 e. The van der Waals surface area contributed by atoms with Crippen LogP contribution in [-0.2, 0) is 9.59 Å². The van der Waals surface area contributed by atoms with Crippen LogP contribution in [0.25, 0.3) is 0 Å². The van der Waals surface area contributed by atoms with E-state index < -0.39 is 0 Å². The predicted molar refractivity (Wildman–Crippen MR) is 96.7 cm³/mol. The molecular formula is C22H30O3. The normalized spacial score (nSPS) is 48.4. The summed E-state index contributed by atoms with van der Waals surface area (Å²) in [5, 5.41) is 9.42. The van der Waals surface area contributed by atoms with Crippen molar-refractivity contribution in [3.8, 4) is 0 Å². The maximum Gasteiger partial charge on any atom is 0.178 e. The van der Waals surface area contributed by atoms with E-state index in [2.05, 4.69) is 26.8 Å². The van der Waals surface area contributed by atoms with E-state index in [9.17, 15) is 14.7 Å². The molecule has 1 N–H and O–H groups in total. The van der Waals surface area contributed by atoms with Crippen LogP contribution in [0.4, 0.5) is 0 Å². The van der Waals surface area contributed by atoms with Crippen LogP contribution in [0, 0.1) is 40.4 Å². The van der Waals surface area contributed by atoms with Gasteiger partial charge in [0, 0.05) is 11.3 Å². The Hall–Kier alpha value is -1.22. The van der Waals surface area contributed by atoms with Gasteiger partial charge in [-0.15, -0.1) is 0 Å². The van der Waals surface area contributed by atoms with Crippen molar-refractivity contribution >= 4 is 11.6 Å². The average molecular weight is 342 g/mol. The molecule has 0 aromatic rings. The molecule has 4 rings (SSSR count). The first-order chi connectivity index (χ1) is 11.8. The standard InChI is InChI=1S/C22H30O3/c1-13-11-22(3)17(6-7-18(22)19(25)12-23)16-5-4-14-10-15(24)8-9-21(14,2)20(13)16/h8-10,13,16-18,20,23H,4-7,11-12H2,1-3H3. The molecule has 3 saturated carbocycles. The highest BCUT2D eigenvalue weighted by Crippen LogP contribution is 2.67. The van der Waals surface area contributed by atoms with Gasteiger partial charge in [-0.3, -0.25) is 9.59 Å². The number of rotatable bonds is 2. The number of Topliss-reactive ketones (excluding diaryl/α,β-unsaturated/α-hetero) is 1. The molecule has 7 unspecified atom stereocenters. The van der Waals surface area contributed by atoms with Crippen LogP contribution in [0.1, 0.15) is 52.9 Å². The molecule has 7 atom stereocenters. The van der Waals surface area contributed by atoms with Crippen molar-refractivity contribution in [2.75, 3.05) is 6.61 Å². The topological polar surface area (TPSA) is 54.4 Å². The van der Waals surface area contributed by atoms with Crippen LogP contribution >= 0.6 is 0 Å². The van der Waals surface area contributed by atoms with Crippen molar-refractivity contribution < 1.29 is 14.7 Å². The summed E-state index contributed by atoms with van der Waals surface area (Å²) in [5.74, 6) is 2.46. The summed E-state index contributed by atoms with van der Waals surface area (Å²) in [6.07, 6.45) is 11.1. The molecule has 136 valence electrons. The first kappa shape index (κ1) is 17.2. The molecule has 0 bridgehead atoms. The zero-order valence-electron chi connectivity index (χ0n) is 15.6. The Bertz CT molecular complexity index is 675. The first-order valence-electron chi connectivity index (χ1n) is 9.89. The summed E-state index contributed by atoms with van der Waals surface area (Å²) in [6.45, 7) is 6.66. The molecule has 0 aromatic carbocycles. The predicted octanol–water partition coefficient (Wildman–Crippen LogP) is 3.72. The van der Waals surface area contributed by atoms with Crippen molar-refractivity contribution in [2.24, 2.45) is 40.4 Å². The lowest BCUT2D eigenvalue weighted by atomic mass is 9.45. The minimum atomic E-state index is -0.315. The lowest BCUT2D eigenvalue weighted by Crippen LogP contribution is -2.53. The highest BCUT2D eigenvalue weighted by molar-refractivity contribution is 6.01. The second-order valence-corrected chi connectivity index (χ2v) is 9.46. The quantitative estimate of drug-likeness (QED) is 0.832. The summed E-state index contributed by atoms with van der Waals surface area (Å²) >= 11 is 0. The fourth-order valence-electron chi connectivity index (χ4n) is 7.54. The highest BCUT2D eigenvalue weighted by Gasteiger charge is 2.61. The molecule has 0 heterocycles. The van der Waals surface area contributed by atoms with Crippen molar-refractivity contribution in [2.45, 2.75) is 52.9 Å². The van der Waals surface area contributed by atoms with Crippen LogP contribution in [0.15, 0.2) is 23.8 Å². The zero-order valence-corrected chi connectivity index (χ0v) is 15.6. The molecule has 3 nitrogen and oxygen atoms in total. The van der Waals surface area contributed by atoms with Crippen molar-refractivity contribution in [1.82, 2.24) is 0 Å². The summed E-state index contributed by atoms with van der Waals surface area (Å²) in [5.41, 5.74) is 1.35. The lowest BCUT2D eigenvalue weighted by molar-refractivity contribution is -0.134. The Morgan fingerprint density at radius 3 is 2.76 bits per heavy atom. The maximum atomic E-state index is 12.4. The van der Waals surface area contributed by atoms with Gasteiger partial charge in [-0.2, -0.15) is 0 Å². The first-order valence-corrected chi connectivity index (χ1v) is 9.89. The summed E-state index contributed by atoms with van der Waals surface area (Å²) in [6, 6.07) is 0. The fourth-order valence-corrected chi connectivity index (χ4v) is 7.54. The van der Waals surface area contributed by atoms with Crippen molar-refractivity contribution in [3.63, 3.8) is 0 Å². The summed E-state index contributed by atoms with van der Waals surface area (Å²) in [4.78, 5) is 24.2. The van der Waals surface area contributed by atoms with Crippen LogP contribution in [0.5, 0.6) is 0 Å². The van der Waals surface area contributed by atoms with Gasteiger partial charge in [-0.25, -0.2) is 0 Å². The number of hydrogen-bond acceptors (Lipinski definition) is 3. The molecule has 3 heteroatoms. The van der Waals surface area contributed by atoms with Gasteiger partial charge in [0.2, 0.25) is 0 Å². The van der Waals surface area contributed by atoms with Gasteiger partial charge in [-0.1, -0.05) is 32.4 Å².